The Morgan fingerprint density at radius 2 is 2.44 bits per heavy atom. The lowest BCUT2D eigenvalue weighted by Gasteiger charge is -2.16. The van der Waals surface area contributed by atoms with Crippen LogP contribution in [0.5, 0.6) is 0 Å². The van der Waals surface area contributed by atoms with E-state index in [0.717, 1.165) is 12.5 Å². The van der Waals surface area contributed by atoms with Crippen molar-refractivity contribution in [1.82, 2.24) is 10.6 Å². The maximum Gasteiger partial charge on any atom is 0.191 e. The second-order valence-corrected chi connectivity index (χ2v) is 4.34. The van der Waals surface area contributed by atoms with Crippen molar-refractivity contribution in [3.8, 4) is 0 Å². The van der Waals surface area contributed by atoms with Crippen LogP contribution in [0.3, 0.4) is 0 Å². The molecule has 0 bridgehead atoms. The van der Waals surface area contributed by atoms with E-state index in [1.807, 2.05) is 0 Å². The minimum atomic E-state index is 0.249. The summed E-state index contributed by atoms with van der Waals surface area (Å²) in [4.78, 5) is 4.15. The van der Waals surface area contributed by atoms with Crippen LogP contribution in [0.15, 0.2) is 21.8 Å². The zero-order chi connectivity index (χ0) is 11.8. The highest BCUT2D eigenvalue weighted by atomic mass is 32.1. The molecule has 0 fully saturated rings. The number of thiophene rings is 1. The van der Waals surface area contributed by atoms with Crippen LogP contribution in [-0.4, -0.2) is 32.8 Å². The Morgan fingerprint density at radius 3 is 3.00 bits per heavy atom. The van der Waals surface area contributed by atoms with Crippen LogP contribution >= 0.6 is 11.3 Å². The molecule has 2 N–H and O–H groups in total. The molecular formula is C11H19N3OS. The number of ether oxygens (including phenoxy) is 1. The van der Waals surface area contributed by atoms with Crippen molar-refractivity contribution in [3.05, 3.63) is 22.4 Å². The van der Waals surface area contributed by atoms with Crippen LogP contribution < -0.4 is 10.6 Å². The lowest BCUT2D eigenvalue weighted by molar-refractivity contribution is 0.179. The fraction of sp³-hybridized carbons (Fsp3) is 0.545. The van der Waals surface area contributed by atoms with Crippen LogP contribution in [0.4, 0.5) is 0 Å². The summed E-state index contributed by atoms with van der Waals surface area (Å²) in [6, 6.07) is 2.35. The van der Waals surface area contributed by atoms with Crippen molar-refractivity contribution >= 4 is 17.3 Å². The standard InChI is InChI=1S/C11H19N3OS/c1-9(7-15-3)14-11(12-2)13-6-10-4-5-16-8-10/h4-5,8-9H,6-7H2,1-3H3,(H2,12,13,14). The Labute approximate surface area is 101 Å². The van der Waals surface area contributed by atoms with Crippen LogP contribution in [0, 0.1) is 0 Å². The molecule has 1 unspecified atom stereocenters. The molecule has 0 aliphatic heterocycles. The summed E-state index contributed by atoms with van der Waals surface area (Å²) < 4.78 is 5.06. The van der Waals surface area contributed by atoms with E-state index < -0.39 is 0 Å². The highest BCUT2D eigenvalue weighted by Gasteiger charge is 2.04. The fourth-order valence-electron chi connectivity index (χ4n) is 1.30. The van der Waals surface area contributed by atoms with Crippen LogP contribution in [-0.2, 0) is 11.3 Å². The molecule has 0 amide bonds. The van der Waals surface area contributed by atoms with Gasteiger partial charge in [-0.1, -0.05) is 0 Å². The van der Waals surface area contributed by atoms with Gasteiger partial charge >= 0.3 is 0 Å². The van der Waals surface area contributed by atoms with Gasteiger partial charge in [0.05, 0.1) is 6.61 Å². The Morgan fingerprint density at radius 1 is 1.62 bits per heavy atom. The molecule has 1 aromatic heterocycles. The zero-order valence-corrected chi connectivity index (χ0v) is 10.8. The number of nitrogens with zero attached hydrogens (tertiary/aromatic N) is 1. The van der Waals surface area contributed by atoms with E-state index in [4.69, 9.17) is 4.74 Å². The quantitative estimate of drug-likeness (QED) is 0.606. The number of guanidine groups is 1. The molecule has 0 saturated heterocycles. The average molecular weight is 241 g/mol. The van der Waals surface area contributed by atoms with Gasteiger partial charge in [0.2, 0.25) is 0 Å². The molecule has 0 radical (unpaired) electrons. The summed E-state index contributed by atoms with van der Waals surface area (Å²) in [6.07, 6.45) is 0. The van der Waals surface area contributed by atoms with Gasteiger partial charge in [-0.25, -0.2) is 0 Å². The molecule has 1 heterocycles. The maximum absolute atomic E-state index is 5.06. The normalized spacial score (nSPS) is 13.6. The molecule has 0 aliphatic rings. The molecule has 16 heavy (non-hydrogen) atoms. The van der Waals surface area contributed by atoms with Gasteiger partial charge in [-0.2, -0.15) is 11.3 Å². The monoisotopic (exact) mass is 241 g/mol. The fourth-order valence-corrected chi connectivity index (χ4v) is 1.97. The number of hydrogen-bond donors (Lipinski definition) is 2. The first-order valence-corrected chi connectivity index (χ1v) is 6.17. The molecule has 4 nitrogen and oxygen atoms in total. The van der Waals surface area contributed by atoms with Gasteiger partial charge in [0.25, 0.3) is 0 Å². The van der Waals surface area contributed by atoms with E-state index in [-0.39, 0.29) is 6.04 Å². The van der Waals surface area contributed by atoms with E-state index in [1.165, 1.54) is 5.56 Å². The molecule has 0 saturated carbocycles. The maximum atomic E-state index is 5.06. The highest BCUT2D eigenvalue weighted by Crippen LogP contribution is 2.04. The number of methoxy groups -OCH3 is 1. The Bertz CT molecular complexity index is 311. The lowest BCUT2D eigenvalue weighted by atomic mass is 10.3. The van der Waals surface area contributed by atoms with E-state index in [9.17, 15) is 0 Å². The van der Waals surface area contributed by atoms with Gasteiger partial charge < -0.3 is 15.4 Å². The van der Waals surface area contributed by atoms with Crippen molar-refractivity contribution in [1.29, 1.82) is 0 Å². The van der Waals surface area contributed by atoms with E-state index in [0.29, 0.717) is 6.61 Å². The summed E-state index contributed by atoms with van der Waals surface area (Å²) in [5, 5.41) is 10.7. The van der Waals surface area contributed by atoms with Crippen molar-refractivity contribution in [2.45, 2.75) is 19.5 Å². The van der Waals surface area contributed by atoms with Crippen molar-refractivity contribution in [3.63, 3.8) is 0 Å². The van der Waals surface area contributed by atoms with Crippen LogP contribution in [0.1, 0.15) is 12.5 Å². The van der Waals surface area contributed by atoms with Gasteiger partial charge in [0, 0.05) is 26.7 Å². The van der Waals surface area contributed by atoms with Crippen LogP contribution in [0.2, 0.25) is 0 Å². The second-order valence-electron chi connectivity index (χ2n) is 3.56. The van der Waals surface area contributed by atoms with Crippen molar-refractivity contribution in [2.75, 3.05) is 20.8 Å². The minimum absolute atomic E-state index is 0.249. The first kappa shape index (κ1) is 13.0. The molecular weight excluding hydrogens is 222 g/mol. The van der Waals surface area contributed by atoms with Crippen molar-refractivity contribution in [2.24, 2.45) is 4.99 Å². The van der Waals surface area contributed by atoms with Gasteiger partial charge in [-0.05, 0) is 29.3 Å². The first-order valence-electron chi connectivity index (χ1n) is 5.23. The molecule has 0 spiro atoms. The summed E-state index contributed by atoms with van der Waals surface area (Å²) in [5.74, 6) is 0.802. The van der Waals surface area contributed by atoms with E-state index in [1.54, 1.807) is 25.5 Å². The Kier molecular flexibility index (Phi) is 5.88. The van der Waals surface area contributed by atoms with E-state index in [2.05, 4.69) is 39.4 Å². The lowest BCUT2D eigenvalue weighted by Crippen LogP contribution is -2.43. The molecule has 1 rings (SSSR count). The second kappa shape index (κ2) is 7.24. The predicted octanol–water partition coefficient (Wildman–Crippen LogP) is 1.45. The van der Waals surface area contributed by atoms with Gasteiger partial charge in [0.15, 0.2) is 5.96 Å². The third-order valence-corrected chi connectivity index (χ3v) is 2.80. The smallest absolute Gasteiger partial charge is 0.191 e. The molecule has 0 aliphatic carbocycles. The van der Waals surface area contributed by atoms with Gasteiger partial charge in [-0.3, -0.25) is 4.99 Å². The van der Waals surface area contributed by atoms with Crippen LogP contribution in [0.25, 0.3) is 0 Å². The number of rotatable bonds is 5. The summed E-state index contributed by atoms with van der Waals surface area (Å²) in [5.41, 5.74) is 1.27. The molecule has 1 atom stereocenters. The first-order chi connectivity index (χ1) is 7.76. The largest absolute Gasteiger partial charge is 0.383 e. The summed E-state index contributed by atoms with van der Waals surface area (Å²) in [7, 11) is 3.46. The summed E-state index contributed by atoms with van der Waals surface area (Å²) >= 11 is 1.70. The Hall–Kier alpha value is -1.07. The van der Waals surface area contributed by atoms with Gasteiger partial charge in [0.1, 0.15) is 0 Å². The number of nitrogens with one attached hydrogen (secondary N) is 2. The molecule has 0 aromatic carbocycles. The molecule has 90 valence electrons. The average Bonchev–Trinajstić information content (AvgIpc) is 2.77. The highest BCUT2D eigenvalue weighted by molar-refractivity contribution is 7.07. The number of aliphatic imine (C=N–C) groups is 1. The minimum Gasteiger partial charge on any atom is -0.383 e. The van der Waals surface area contributed by atoms with Gasteiger partial charge in [-0.15, -0.1) is 0 Å². The topological polar surface area (TPSA) is 45.7 Å². The third kappa shape index (κ3) is 4.63. The van der Waals surface area contributed by atoms with Crippen molar-refractivity contribution < 1.29 is 4.74 Å². The summed E-state index contributed by atoms with van der Waals surface area (Å²) in [6.45, 7) is 3.52. The van der Waals surface area contributed by atoms with E-state index >= 15 is 0 Å². The zero-order valence-electron chi connectivity index (χ0n) is 9.99. The Balaban J connectivity index is 2.32. The predicted molar refractivity (Wildman–Crippen MR) is 69.0 cm³/mol. The SMILES string of the molecule is CN=C(NCc1ccsc1)NC(C)COC. The number of hydrogen-bond acceptors (Lipinski definition) is 3. The molecule has 5 heteroatoms. The third-order valence-electron chi connectivity index (χ3n) is 2.06. The molecule has 1 aromatic rings.